The molecule has 0 spiro atoms. The summed E-state index contributed by atoms with van der Waals surface area (Å²) in [6, 6.07) is 17.4. The first-order valence-corrected chi connectivity index (χ1v) is 7.15. The second kappa shape index (κ2) is 6.65. The maximum atomic E-state index is 7.80. The highest BCUT2D eigenvalue weighted by molar-refractivity contribution is 5.97. The summed E-state index contributed by atoms with van der Waals surface area (Å²) < 4.78 is 0. The van der Waals surface area contributed by atoms with Gasteiger partial charge in [0.15, 0.2) is 0 Å². The van der Waals surface area contributed by atoms with Gasteiger partial charge in [-0.1, -0.05) is 36.4 Å². The van der Waals surface area contributed by atoms with E-state index in [4.69, 9.17) is 11.1 Å². The molecule has 0 aliphatic heterocycles. The molecule has 0 unspecified atom stereocenters. The molecule has 6 nitrogen and oxygen atoms in total. The number of aromatic nitrogens is 3. The van der Waals surface area contributed by atoms with E-state index in [9.17, 15) is 0 Å². The highest BCUT2D eigenvalue weighted by atomic mass is 15.3. The molecule has 0 atom stereocenters. The van der Waals surface area contributed by atoms with E-state index in [0.29, 0.717) is 18.2 Å². The Morgan fingerprint density at radius 2 is 1.70 bits per heavy atom. The molecule has 0 amide bonds. The van der Waals surface area contributed by atoms with Gasteiger partial charge < -0.3 is 5.73 Å². The van der Waals surface area contributed by atoms with Crippen LogP contribution in [0.2, 0.25) is 0 Å². The van der Waals surface area contributed by atoms with Gasteiger partial charge >= 0.3 is 0 Å². The number of anilines is 2. The number of pyridine rings is 1. The number of hydrogen-bond acceptors (Lipinski definition) is 4. The van der Waals surface area contributed by atoms with Crippen molar-refractivity contribution in [2.75, 3.05) is 4.90 Å². The predicted molar refractivity (Wildman–Crippen MR) is 89.6 cm³/mol. The van der Waals surface area contributed by atoms with Crippen LogP contribution in [0.15, 0.2) is 67.0 Å². The van der Waals surface area contributed by atoms with Crippen molar-refractivity contribution in [3.8, 4) is 0 Å². The van der Waals surface area contributed by atoms with Gasteiger partial charge in [0.2, 0.25) is 11.9 Å². The summed E-state index contributed by atoms with van der Waals surface area (Å²) in [4.78, 5) is 14.3. The molecule has 0 bridgehead atoms. The molecule has 114 valence electrons. The van der Waals surface area contributed by atoms with Crippen LogP contribution in [0.25, 0.3) is 0 Å². The average Bonchev–Trinajstić information content (AvgIpc) is 2.57. The lowest BCUT2D eigenvalue weighted by molar-refractivity contribution is 1.02. The molecule has 2 heterocycles. The standard InChI is InChI=1S/C17H16N6/c18-16(19)23(17-20-10-5-11-21-17)15-9-4-8-14(22-15)12-13-6-2-1-3-7-13/h1-11H,12H2,(H3,18,19). The zero-order valence-electron chi connectivity index (χ0n) is 12.4. The van der Waals surface area contributed by atoms with Crippen LogP contribution < -0.4 is 10.6 Å². The van der Waals surface area contributed by atoms with Gasteiger partial charge in [0, 0.05) is 24.5 Å². The molecule has 3 aromatic rings. The smallest absolute Gasteiger partial charge is 0.238 e. The quantitative estimate of drug-likeness (QED) is 0.570. The number of benzene rings is 1. The Balaban J connectivity index is 1.92. The second-order valence-electron chi connectivity index (χ2n) is 4.92. The third kappa shape index (κ3) is 3.49. The first kappa shape index (κ1) is 14.6. The van der Waals surface area contributed by atoms with Gasteiger partial charge in [0.25, 0.3) is 0 Å². The monoisotopic (exact) mass is 304 g/mol. The lowest BCUT2D eigenvalue weighted by Gasteiger charge is -2.19. The Bertz CT molecular complexity index is 788. The molecule has 0 fully saturated rings. The number of guanidine groups is 1. The number of nitrogens with zero attached hydrogens (tertiary/aromatic N) is 4. The number of rotatable bonds is 4. The van der Waals surface area contributed by atoms with E-state index in [0.717, 1.165) is 5.69 Å². The summed E-state index contributed by atoms with van der Waals surface area (Å²) in [6.07, 6.45) is 3.91. The van der Waals surface area contributed by atoms with Crippen molar-refractivity contribution in [1.82, 2.24) is 15.0 Å². The van der Waals surface area contributed by atoms with Gasteiger partial charge in [0.1, 0.15) is 5.82 Å². The topological polar surface area (TPSA) is 91.8 Å². The summed E-state index contributed by atoms with van der Waals surface area (Å²) in [5.74, 6) is 0.669. The van der Waals surface area contributed by atoms with Crippen LogP contribution in [0.4, 0.5) is 11.8 Å². The van der Waals surface area contributed by atoms with Crippen LogP contribution in [0.5, 0.6) is 0 Å². The van der Waals surface area contributed by atoms with Crippen LogP contribution in [0.3, 0.4) is 0 Å². The van der Waals surface area contributed by atoms with Crippen molar-refractivity contribution < 1.29 is 0 Å². The van der Waals surface area contributed by atoms with Crippen molar-refractivity contribution in [3.05, 3.63) is 78.2 Å². The minimum Gasteiger partial charge on any atom is -0.369 e. The maximum absolute atomic E-state index is 7.80. The summed E-state index contributed by atoms with van der Waals surface area (Å²) >= 11 is 0. The van der Waals surface area contributed by atoms with Gasteiger partial charge in [-0.3, -0.25) is 5.41 Å². The van der Waals surface area contributed by atoms with E-state index in [1.165, 1.54) is 10.5 Å². The predicted octanol–water partition coefficient (Wildman–Crippen LogP) is 2.49. The SMILES string of the molecule is N=C(N)N(c1cccc(Cc2ccccc2)n1)c1ncccn1. The number of nitrogens with one attached hydrogen (secondary N) is 1. The largest absolute Gasteiger partial charge is 0.369 e. The first-order valence-electron chi connectivity index (χ1n) is 7.15. The fourth-order valence-electron chi connectivity index (χ4n) is 2.24. The van der Waals surface area contributed by atoms with Gasteiger partial charge in [0.05, 0.1) is 0 Å². The molecule has 1 aromatic carbocycles. The molecular weight excluding hydrogens is 288 g/mol. The normalized spacial score (nSPS) is 10.3. The van der Waals surface area contributed by atoms with Crippen LogP contribution in [0, 0.1) is 5.41 Å². The minimum atomic E-state index is -0.180. The molecule has 2 aromatic heterocycles. The molecule has 0 radical (unpaired) electrons. The van der Waals surface area contributed by atoms with E-state index in [1.54, 1.807) is 24.5 Å². The Morgan fingerprint density at radius 3 is 2.39 bits per heavy atom. The number of hydrogen-bond donors (Lipinski definition) is 2. The Hall–Kier alpha value is -3.28. The summed E-state index contributed by atoms with van der Waals surface area (Å²) in [5.41, 5.74) is 7.75. The molecule has 3 N–H and O–H groups in total. The Morgan fingerprint density at radius 1 is 0.957 bits per heavy atom. The van der Waals surface area contributed by atoms with Crippen LogP contribution in [-0.4, -0.2) is 20.9 Å². The van der Waals surface area contributed by atoms with Gasteiger partial charge in [-0.15, -0.1) is 0 Å². The Kier molecular flexibility index (Phi) is 4.24. The zero-order chi connectivity index (χ0) is 16.1. The van der Waals surface area contributed by atoms with Crippen LogP contribution in [0.1, 0.15) is 11.3 Å². The fourth-order valence-corrected chi connectivity index (χ4v) is 2.24. The minimum absolute atomic E-state index is 0.180. The van der Waals surface area contributed by atoms with Crippen LogP contribution in [-0.2, 0) is 6.42 Å². The Labute approximate surface area is 134 Å². The lowest BCUT2D eigenvalue weighted by atomic mass is 10.1. The molecule has 3 rings (SSSR count). The maximum Gasteiger partial charge on any atom is 0.238 e. The molecular formula is C17H16N6. The molecule has 0 aliphatic rings. The van der Waals surface area contributed by atoms with Crippen LogP contribution >= 0.6 is 0 Å². The molecule has 0 aliphatic carbocycles. The summed E-state index contributed by atoms with van der Waals surface area (Å²) in [7, 11) is 0. The molecule has 23 heavy (non-hydrogen) atoms. The van der Waals surface area contributed by atoms with E-state index < -0.39 is 0 Å². The van der Waals surface area contributed by atoms with E-state index >= 15 is 0 Å². The van der Waals surface area contributed by atoms with Crippen molar-refractivity contribution in [1.29, 1.82) is 5.41 Å². The third-order valence-electron chi connectivity index (χ3n) is 3.24. The first-order chi connectivity index (χ1) is 11.2. The molecule has 0 saturated heterocycles. The van der Waals surface area contributed by atoms with E-state index in [1.807, 2.05) is 30.3 Å². The van der Waals surface area contributed by atoms with Crippen molar-refractivity contribution >= 4 is 17.7 Å². The third-order valence-corrected chi connectivity index (χ3v) is 3.24. The highest BCUT2D eigenvalue weighted by Gasteiger charge is 2.16. The average molecular weight is 304 g/mol. The van der Waals surface area contributed by atoms with Gasteiger partial charge in [-0.05, 0) is 23.8 Å². The van der Waals surface area contributed by atoms with E-state index in [2.05, 4.69) is 27.1 Å². The second-order valence-corrected chi connectivity index (χ2v) is 4.92. The van der Waals surface area contributed by atoms with Gasteiger partial charge in [-0.25, -0.2) is 19.9 Å². The summed E-state index contributed by atoms with van der Waals surface area (Å²) in [5, 5.41) is 7.80. The van der Waals surface area contributed by atoms with Crippen molar-refractivity contribution in [2.45, 2.75) is 6.42 Å². The molecule has 6 heteroatoms. The van der Waals surface area contributed by atoms with Gasteiger partial charge in [-0.2, -0.15) is 0 Å². The molecule has 0 saturated carbocycles. The van der Waals surface area contributed by atoms with E-state index in [-0.39, 0.29) is 5.96 Å². The highest BCUT2D eigenvalue weighted by Crippen LogP contribution is 2.19. The number of nitrogens with two attached hydrogens (primary N) is 1. The lowest BCUT2D eigenvalue weighted by Crippen LogP contribution is -2.34. The van der Waals surface area contributed by atoms with Crippen molar-refractivity contribution in [2.24, 2.45) is 5.73 Å². The fraction of sp³-hybridized carbons (Fsp3) is 0.0588. The van der Waals surface area contributed by atoms with Crippen molar-refractivity contribution in [3.63, 3.8) is 0 Å². The summed E-state index contributed by atoms with van der Waals surface area (Å²) in [6.45, 7) is 0. The zero-order valence-corrected chi connectivity index (χ0v) is 12.4.